The molecular formula is C12H17F6NiO2. The van der Waals surface area contributed by atoms with Crippen molar-refractivity contribution >= 4 is 10.5 Å². The SMILES string of the molecule is C1=CCCCCC=C1.CC(=O)C[C](=O)[Ni]([F])([F])([F])([F])([F])[F]. The van der Waals surface area contributed by atoms with E-state index in [4.69, 9.17) is 0 Å². The quantitative estimate of drug-likeness (QED) is 0.389. The average Bonchev–Trinajstić information content (AvgIpc) is 2.10. The van der Waals surface area contributed by atoms with Crippen LogP contribution in [-0.4, -0.2) is 10.5 Å². The molecule has 2 nitrogen and oxygen atoms in total. The number of carbonyl (C=O) groups is 2. The first kappa shape index (κ1) is 19.9. The van der Waals surface area contributed by atoms with Gasteiger partial charge in [-0.3, -0.25) is 0 Å². The molecule has 21 heavy (non-hydrogen) atoms. The summed E-state index contributed by atoms with van der Waals surface area (Å²) in [5, 5.41) is 0. The van der Waals surface area contributed by atoms with Crippen molar-refractivity contribution in [2.75, 3.05) is 0 Å². The average molecular weight is 366 g/mol. The molecule has 0 N–H and O–H groups in total. The number of allylic oxidation sites excluding steroid dienone is 4. The van der Waals surface area contributed by atoms with Crippen LogP contribution in [0.25, 0.3) is 0 Å². The van der Waals surface area contributed by atoms with E-state index in [0.29, 0.717) is 6.92 Å². The van der Waals surface area contributed by atoms with Crippen molar-refractivity contribution in [3.05, 3.63) is 24.3 Å². The summed E-state index contributed by atoms with van der Waals surface area (Å²) in [6, 6.07) is 0. The van der Waals surface area contributed by atoms with Gasteiger partial charge in [0.1, 0.15) is 0 Å². The predicted octanol–water partition coefficient (Wildman–Crippen LogP) is 5.23. The Kier molecular flexibility index (Phi) is 4.71. The molecule has 0 aromatic carbocycles. The zero-order chi connectivity index (χ0) is 16.9. The van der Waals surface area contributed by atoms with Crippen LogP contribution < -0.4 is 0 Å². The van der Waals surface area contributed by atoms with Gasteiger partial charge in [-0.25, -0.2) is 0 Å². The van der Waals surface area contributed by atoms with Crippen LogP contribution in [0.1, 0.15) is 39.0 Å². The van der Waals surface area contributed by atoms with Gasteiger partial charge in [-0.15, -0.1) is 0 Å². The first-order valence-corrected chi connectivity index (χ1v) is 8.54. The first-order chi connectivity index (χ1) is 9.03. The van der Waals surface area contributed by atoms with E-state index in [1.807, 2.05) is 0 Å². The molecule has 0 radical (unpaired) electrons. The van der Waals surface area contributed by atoms with Crippen molar-refractivity contribution in [1.29, 1.82) is 0 Å². The standard InChI is InChI=1S/C8H12.C4H5O2.6FH.Ni/c1-2-4-6-8-7-5-3-1;1-4(6)2-3-5;;;;;;;/h1-4H,5-8H2;2H2,1H3;6*1H;/q;;;;;;;;+6/p-6. The third kappa shape index (κ3) is 10.3. The Labute approximate surface area is 117 Å². The first-order valence-electron chi connectivity index (χ1n) is 5.81. The zero-order valence-electron chi connectivity index (χ0n) is 11.2. The fourth-order valence-electron chi connectivity index (χ4n) is 1.18. The number of halogens is 6. The van der Waals surface area contributed by atoms with Gasteiger partial charge in [0.25, 0.3) is 0 Å². The normalized spacial score (nSPS) is 20.4. The van der Waals surface area contributed by atoms with Crippen LogP contribution in [0.4, 0.5) is 21.6 Å². The second kappa shape index (κ2) is 4.97. The van der Waals surface area contributed by atoms with Crippen molar-refractivity contribution < 1.29 is 43.2 Å². The van der Waals surface area contributed by atoms with Crippen LogP contribution in [0.15, 0.2) is 24.3 Å². The summed E-state index contributed by atoms with van der Waals surface area (Å²) in [6.45, 7) is 0.464. The molecule has 1 aliphatic carbocycles. The van der Waals surface area contributed by atoms with E-state index in [-0.39, 0.29) is 0 Å². The number of hydrogen-bond acceptors (Lipinski definition) is 2. The molecule has 129 valence electrons. The predicted molar refractivity (Wildman–Crippen MR) is 63.7 cm³/mol. The van der Waals surface area contributed by atoms with E-state index in [1.54, 1.807) is 0 Å². The Morgan fingerprint density at radius 3 is 1.52 bits per heavy atom. The Hall–Kier alpha value is -1.11. The molecule has 0 spiro atoms. The molecule has 0 aromatic rings. The van der Waals surface area contributed by atoms with E-state index in [1.165, 1.54) is 25.7 Å². The number of rotatable bonds is 3. The summed E-state index contributed by atoms with van der Waals surface area (Å²) >= 11 is -12.3. The molecule has 0 fully saturated rings. The molecule has 0 atom stereocenters. The molecule has 0 unspecified atom stereocenters. The summed E-state index contributed by atoms with van der Waals surface area (Å²) in [6.07, 6.45) is 11.8. The molecule has 0 saturated heterocycles. The van der Waals surface area contributed by atoms with Gasteiger partial charge in [-0.05, 0) is 25.7 Å². The molecule has 0 saturated carbocycles. The van der Waals surface area contributed by atoms with E-state index >= 15 is 0 Å². The molecule has 0 amide bonds. The molecule has 0 aromatic heterocycles. The zero-order valence-corrected chi connectivity index (χ0v) is 12.2. The topological polar surface area (TPSA) is 34.1 Å². The molecule has 1 rings (SSSR count). The van der Waals surface area contributed by atoms with Gasteiger partial charge in [0.2, 0.25) is 0 Å². The van der Waals surface area contributed by atoms with Gasteiger partial charge in [-0.1, -0.05) is 24.3 Å². The minimum absolute atomic E-state index is 0.464. The van der Waals surface area contributed by atoms with Gasteiger partial charge in [-0.2, -0.15) is 0 Å². The van der Waals surface area contributed by atoms with E-state index in [0.717, 1.165) is 0 Å². The van der Waals surface area contributed by atoms with E-state index in [2.05, 4.69) is 24.3 Å². The van der Waals surface area contributed by atoms with Crippen molar-refractivity contribution in [2.45, 2.75) is 39.0 Å². The second-order valence-corrected chi connectivity index (χ2v) is 8.16. The van der Waals surface area contributed by atoms with Crippen LogP contribution in [-0.2, 0) is 21.6 Å². The summed E-state index contributed by atoms with van der Waals surface area (Å²) < 4.78 is 65.1. The van der Waals surface area contributed by atoms with Crippen LogP contribution in [0.3, 0.4) is 0 Å². The van der Waals surface area contributed by atoms with E-state index < -0.39 is 28.9 Å². The molecule has 0 bridgehead atoms. The number of Topliss-reactive ketones (excluding diaryl/α,β-unsaturated/α-hetero) is 1. The summed E-state index contributed by atoms with van der Waals surface area (Å²) in [4.78, 5) is 19.8. The fourth-order valence-corrected chi connectivity index (χ4v) is 1.82. The third-order valence-corrected chi connectivity index (χ3v) is 3.58. The summed E-state index contributed by atoms with van der Waals surface area (Å²) in [5.74, 6) is -1.49. The molecular weight excluding hydrogens is 349 g/mol. The van der Waals surface area contributed by atoms with Crippen LogP contribution >= 0.6 is 0 Å². The number of ketones is 1. The third-order valence-electron chi connectivity index (χ3n) is 2.15. The van der Waals surface area contributed by atoms with Gasteiger partial charge >= 0.3 is 67.1 Å². The Bertz CT molecular complexity index is 464. The minimum atomic E-state index is -12.3. The Morgan fingerprint density at radius 1 is 0.905 bits per heavy atom. The van der Waals surface area contributed by atoms with Crippen LogP contribution in [0, 0.1) is 0 Å². The summed E-state index contributed by atoms with van der Waals surface area (Å²) in [7, 11) is 0. The van der Waals surface area contributed by atoms with Crippen LogP contribution in [0.5, 0.6) is 0 Å². The Morgan fingerprint density at radius 2 is 1.29 bits per heavy atom. The molecule has 9 heteroatoms. The Balaban J connectivity index is 0.000000423. The summed E-state index contributed by atoms with van der Waals surface area (Å²) in [5.41, 5.74) is 0. The number of carbonyl (C=O) groups excluding carboxylic acids is 2. The monoisotopic (exact) mass is 365 g/mol. The van der Waals surface area contributed by atoms with Crippen LogP contribution in [0.2, 0.25) is 0 Å². The fraction of sp³-hybridized carbons (Fsp3) is 0.500. The maximum absolute atomic E-state index is 12.3. The maximum atomic E-state index is 11.5. The van der Waals surface area contributed by atoms with Crippen molar-refractivity contribution in [2.24, 2.45) is 0 Å². The van der Waals surface area contributed by atoms with Gasteiger partial charge in [0, 0.05) is 0 Å². The van der Waals surface area contributed by atoms with Gasteiger partial charge < -0.3 is 0 Å². The molecule has 0 aliphatic heterocycles. The van der Waals surface area contributed by atoms with E-state index in [9.17, 15) is 31.2 Å². The molecule has 0 heterocycles. The van der Waals surface area contributed by atoms with Crippen molar-refractivity contribution in [3.63, 3.8) is 0 Å². The molecule has 1 aliphatic rings. The van der Waals surface area contributed by atoms with Gasteiger partial charge in [0.05, 0.1) is 0 Å². The van der Waals surface area contributed by atoms with Gasteiger partial charge in [0.15, 0.2) is 0 Å². The van der Waals surface area contributed by atoms with Crippen molar-refractivity contribution in [1.82, 2.24) is 0 Å². The number of hydrogen-bond donors (Lipinski definition) is 0. The van der Waals surface area contributed by atoms with Crippen molar-refractivity contribution in [3.8, 4) is 0 Å². The second-order valence-electron chi connectivity index (χ2n) is 4.38.